The van der Waals surface area contributed by atoms with Crippen molar-refractivity contribution in [2.75, 3.05) is 41.8 Å². The summed E-state index contributed by atoms with van der Waals surface area (Å²) in [6.45, 7) is 3.19. The van der Waals surface area contributed by atoms with Gasteiger partial charge in [-0.15, -0.1) is 5.10 Å². The first-order valence-corrected chi connectivity index (χ1v) is 9.11. The number of amides is 1. The predicted molar refractivity (Wildman–Crippen MR) is 101 cm³/mol. The molecule has 2 aliphatic rings. The van der Waals surface area contributed by atoms with E-state index in [0.29, 0.717) is 5.82 Å². The van der Waals surface area contributed by atoms with Crippen LogP contribution in [-0.4, -0.2) is 42.4 Å². The molecule has 7 heteroatoms. The fraction of sp³-hybridized carbons (Fsp3) is 0.421. The summed E-state index contributed by atoms with van der Waals surface area (Å²) in [5, 5.41) is 14.5. The minimum Gasteiger partial charge on any atom is -0.378 e. The summed E-state index contributed by atoms with van der Waals surface area (Å²) in [6, 6.07) is 9.65. The van der Waals surface area contributed by atoms with Crippen molar-refractivity contribution in [1.29, 1.82) is 0 Å². The van der Waals surface area contributed by atoms with Crippen molar-refractivity contribution in [3.8, 4) is 0 Å². The van der Waals surface area contributed by atoms with Gasteiger partial charge in [-0.25, -0.2) is 0 Å². The van der Waals surface area contributed by atoms with Gasteiger partial charge in [0, 0.05) is 36.4 Å². The van der Waals surface area contributed by atoms with E-state index in [0.717, 1.165) is 62.6 Å². The Morgan fingerprint density at radius 3 is 2.54 bits per heavy atom. The molecule has 0 spiro atoms. The number of benzene rings is 1. The number of nitrogens with zero attached hydrogens (tertiary/aromatic N) is 3. The molecular weight excluding hydrogens is 330 g/mol. The molecule has 2 fully saturated rings. The first-order valence-electron chi connectivity index (χ1n) is 9.11. The number of hydrogen-bond acceptors (Lipinski definition) is 6. The third kappa shape index (κ3) is 3.94. The fourth-order valence-electron chi connectivity index (χ4n) is 3.11. The number of anilines is 4. The number of carbonyl (C=O) groups excluding carboxylic acids is 1. The Morgan fingerprint density at radius 1 is 1.12 bits per heavy atom. The molecule has 26 heavy (non-hydrogen) atoms. The van der Waals surface area contributed by atoms with Gasteiger partial charge in [0.2, 0.25) is 5.91 Å². The van der Waals surface area contributed by atoms with Crippen LogP contribution >= 0.6 is 0 Å². The predicted octanol–water partition coefficient (Wildman–Crippen LogP) is 2.80. The molecule has 0 bridgehead atoms. The van der Waals surface area contributed by atoms with Crippen LogP contribution in [0.5, 0.6) is 0 Å². The van der Waals surface area contributed by atoms with Crippen LogP contribution in [0, 0.1) is 5.92 Å². The number of hydrogen-bond donors (Lipinski definition) is 2. The van der Waals surface area contributed by atoms with Crippen LogP contribution in [0.3, 0.4) is 0 Å². The highest BCUT2D eigenvalue weighted by atomic mass is 16.5. The van der Waals surface area contributed by atoms with E-state index in [4.69, 9.17) is 4.74 Å². The first kappa shape index (κ1) is 16.8. The molecule has 1 saturated carbocycles. The van der Waals surface area contributed by atoms with Crippen LogP contribution in [0.2, 0.25) is 0 Å². The SMILES string of the molecule is O=C(Nc1ccc(Nc2cc(N3CCOCC3)cnn2)cc1)C1CCC1. The van der Waals surface area contributed by atoms with Gasteiger partial charge in [-0.3, -0.25) is 4.79 Å². The maximum Gasteiger partial charge on any atom is 0.227 e. The summed E-state index contributed by atoms with van der Waals surface area (Å²) in [6.07, 6.45) is 4.94. The highest BCUT2D eigenvalue weighted by Crippen LogP contribution is 2.28. The molecule has 1 aliphatic carbocycles. The monoisotopic (exact) mass is 353 g/mol. The lowest BCUT2D eigenvalue weighted by Gasteiger charge is -2.28. The second kappa shape index (κ2) is 7.70. The number of carbonyl (C=O) groups is 1. The Hall–Kier alpha value is -2.67. The van der Waals surface area contributed by atoms with Crippen molar-refractivity contribution in [3.05, 3.63) is 36.5 Å². The largest absolute Gasteiger partial charge is 0.378 e. The smallest absolute Gasteiger partial charge is 0.227 e. The molecule has 0 unspecified atom stereocenters. The maximum atomic E-state index is 12.0. The highest BCUT2D eigenvalue weighted by molar-refractivity contribution is 5.93. The van der Waals surface area contributed by atoms with Gasteiger partial charge in [0.15, 0.2) is 5.82 Å². The van der Waals surface area contributed by atoms with Crippen molar-refractivity contribution in [2.24, 2.45) is 5.92 Å². The average Bonchev–Trinajstić information content (AvgIpc) is 2.63. The zero-order valence-electron chi connectivity index (χ0n) is 14.6. The summed E-state index contributed by atoms with van der Waals surface area (Å²) < 4.78 is 5.39. The van der Waals surface area contributed by atoms with E-state index in [1.54, 1.807) is 6.20 Å². The van der Waals surface area contributed by atoms with Crippen LogP contribution in [0.15, 0.2) is 36.5 Å². The van der Waals surface area contributed by atoms with Gasteiger partial charge in [0.25, 0.3) is 0 Å². The van der Waals surface area contributed by atoms with E-state index in [9.17, 15) is 4.79 Å². The molecule has 1 aromatic carbocycles. The van der Waals surface area contributed by atoms with Gasteiger partial charge >= 0.3 is 0 Å². The van der Waals surface area contributed by atoms with Crippen molar-refractivity contribution in [3.63, 3.8) is 0 Å². The molecule has 7 nitrogen and oxygen atoms in total. The van der Waals surface area contributed by atoms with Gasteiger partial charge in [-0.2, -0.15) is 5.10 Å². The molecule has 1 saturated heterocycles. The molecule has 1 aromatic heterocycles. The molecule has 2 heterocycles. The van der Waals surface area contributed by atoms with E-state index in [1.807, 2.05) is 30.3 Å². The Kier molecular flexibility index (Phi) is 4.97. The summed E-state index contributed by atoms with van der Waals surface area (Å²) in [5.74, 6) is 1.01. The summed E-state index contributed by atoms with van der Waals surface area (Å²) >= 11 is 0. The Labute approximate surface area is 152 Å². The topological polar surface area (TPSA) is 79.4 Å². The molecular formula is C19H23N5O2. The summed E-state index contributed by atoms with van der Waals surface area (Å²) in [4.78, 5) is 14.2. The molecule has 1 amide bonds. The molecule has 2 aromatic rings. The van der Waals surface area contributed by atoms with Crippen LogP contribution in [0.25, 0.3) is 0 Å². The zero-order chi connectivity index (χ0) is 17.8. The third-order valence-corrected chi connectivity index (χ3v) is 4.92. The minimum atomic E-state index is 0.126. The number of morpholine rings is 1. The van der Waals surface area contributed by atoms with E-state index < -0.39 is 0 Å². The van der Waals surface area contributed by atoms with Crippen molar-refractivity contribution in [1.82, 2.24) is 10.2 Å². The quantitative estimate of drug-likeness (QED) is 0.860. The lowest BCUT2D eigenvalue weighted by atomic mass is 9.85. The van der Waals surface area contributed by atoms with E-state index in [-0.39, 0.29) is 11.8 Å². The molecule has 4 rings (SSSR count). The van der Waals surface area contributed by atoms with Crippen LogP contribution in [0.4, 0.5) is 22.9 Å². The van der Waals surface area contributed by atoms with E-state index in [2.05, 4.69) is 25.7 Å². The number of nitrogens with one attached hydrogen (secondary N) is 2. The van der Waals surface area contributed by atoms with Gasteiger partial charge in [-0.1, -0.05) is 6.42 Å². The van der Waals surface area contributed by atoms with Gasteiger partial charge < -0.3 is 20.3 Å². The molecule has 2 N–H and O–H groups in total. The van der Waals surface area contributed by atoms with Crippen LogP contribution < -0.4 is 15.5 Å². The van der Waals surface area contributed by atoms with E-state index >= 15 is 0 Å². The maximum absolute atomic E-state index is 12.0. The third-order valence-electron chi connectivity index (χ3n) is 4.92. The van der Waals surface area contributed by atoms with Crippen LogP contribution in [0.1, 0.15) is 19.3 Å². The Bertz CT molecular complexity index is 755. The van der Waals surface area contributed by atoms with Gasteiger partial charge in [-0.05, 0) is 37.1 Å². The Morgan fingerprint density at radius 2 is 1.85 bits per heavy atom. The molecule has 136 valence electrons. The number of rotatable bonds is 5. The lowest BCUT2D eigenvalue weighted by Crippen LogP contribution is -2.36. The Balaban J connectivity index is 1.38. The molecule has 0 atom stereocenters. The summed E-state index contributed by atoms with van der Waals surface area (Å²) in [7, 11) is 0. The van der Waals surface area contributed by atoms with Crippen molar-refractivity contribution in [2.45, 2.75) is 19.3 Å². The zero-order valence-corrected chi connectivity index (χ0v) is 14.6. The minimum absolute atomic E-state index is 0.126. The second-order valence-corrected chi connectivity index (χ2v) is 6.72. The molecule has 1 aliphatic heterocycles. The fourth-order valence-corrected chi connectivity index (χ4v) is 3.11. The van der Waals surface area contributed by atoms with Gasteiger partial charge in [0.1, 0.15) is 0 Å². The highest BCUT2D eigenvalue weighted by Gasteiger charge is 2.25. The lowest BCUT2D eigenvalue weighted by molar-refractivity contribution is -0.122. The van der Waals surface area contributed by atoms with Crippen molar-refractivity contribution >= 4 is 28.8 Å². The van der Waals surface area contributed by atoms with Crippen molar-refractivity contribution < 1.29 is 9.53 Å². The van der Waals surface area contributed by atoms with E-state index in [1.165, 1.54) is 0 Å². The first-order chi connectivity index (χ1) is 12.8. The van der Waals surface area contributed by atoms with Gasteiger partial charge in [0.05, 0.1) is 25.1 Å². The average molecular weight is 353 g/mol. The molecule has 0 radical (unpaired) electrons. The van der Waals surface area contributed by atoms with Crippen LogP contribution in [-0.2, 0) is 9.53 Å². The number of aromatic nitrogens is 2. The normalized spacial score (nSPS) is 17.5. The number of ether oxygens (including phenoxy) is 1. The standard InChI is InChI=1S/C19H23N5O2/c25-19(14-2-1-3-14)22-16-6-4-15(5-7-16)21-18-12-17(13-20-23-18)24-8-10-26-11-9-24/h4-7,12-14H,1-3,8-11H2,(H,21,23)(H,22,25). The summed E-state index contributed by atoms with van der Waals surface area (Å²) in [5.41, 5.74) is 2.76. The second-order valence-electron chi connectivity index (χ2n) is 6.72.